The molecular weight excluding hydrogens is 484 g/mol. The zero-order valence-corrected chi connectivity index (χ0v) is 22.5. The van der Waals surface area contributed by atoms with E-state index in [2.05, 4.69) is 22.9 Å². The average molecular weight is 517 g/mol. The molecule has 1 aromatic heterocycles. The highest BCUT2D eigenvalue weighted by molar-refractivity contribution is 8.18. The van der Waals surface area contributed by atoms with Gasteiger partial charge < -0.3 is 14.4 Å². The number of morpholine rings is 1. The Morgan fingerprint density at radius 2 is 1.89 bits per heavy atom. The molecule has 7 nitrogen and oxygen atoms in total. The highest BCUT2D eigenvalue weighted by Crippen LogP contribution is 2.35. The summed E-state index contributed by atoms with van der Waals surface area (Å²) in [5.74, 6) is 0.659. The first-order valence-electron chi connectivity index (χ1n) is 12.7. The van der Waals surface area contributed by atoms with Crippen LogP contribution < -0.4 is 4.74 Å². The summed E-state index contributed by atoms with van der Waals surface area (Å²) in [6.07, 6.45) is 5.03. The van der Waals surface area contributed by atoms with Gasteiger partial charge in [0.15, 0.2) is 5.17 Å². The number of nitrogens with zero attached hydrogens (tertiary/aromatic N) is 4. The van der Waals surface area contributed by atoms with Gasteiger partial charge in [-0.1, -0.05) is 25.1 Å². The van der Waals surface area contributed by atoms with Crippen LogP contribution in [-0.4, -0.2) is 57.7 Å². The summed E-state index contributed by atoms with van der Waals surface area (Å²) in [6, 6.07) is 16.1. The van der Waals surface area contributed by atoms with Gasteiger partial charge in [0.25, 0.3) is 5.91 Å². The van der Waals surface area contributed by atoms with Gasteiger partial charge >= 0.3 is 0 Å². The summed E-state index contributed by atoms with van der Waals surface area (Å²) in [5, 5.41) is 5.67. The first kappa shape index (κ1) is 25.3. The average Bonchev–Trinajstić information content (AvgIpc) is 3.47. The molecule has 0 unspecified atom stereocenters. The third kappa shape index (κ3) is 5.65. The van der Waals surface area contributed by atoms with Crippen LogP contribution in [0.3, 0.4) is 0 Å². The van der Waals surface area contributed by atoms with Crippen LogP contribution in [0, 0.1) is 6.92 Å². The summed E-state index contributed by atoms with van der Waals surface area (Å²) >= 11 is 1.42. The number of amides is 1. The van der Waals surface area contributed by atoms with E-state index in [0.29, 0.717) is 11.5 Å². The summed E-state index contributed by atoms with van der Waals surface area (Å²) in [6.45, 7) is 10.4. The number of para-hydroxylation sites is 1. The third-order valence-corrected chi connectivity index (χ3v) is 7.30. The van der Waals surface area contributed by atoms with Gasteiger partial charge in [-0.25, -0.2) is 4.68 Å². The molecule has 3 aromatic rings. The minimum atomic E-state index is -0.218. The number of thioether (sulfide) groups is 1. The predicted octanol–water partition coefficient (Wildman–Crippen LogP) is 5.72. The lowest BCUT2D eigenvalue weighted by Crippen LogP contribution is -2.47. The van der Waals surface area contributed by atoms with Crippen LogP contribution in [0.25, 0.3) is 23.0 Å². The zero-order chi connectivity index (χ0) is 25.9. The van der Waals surface area contributed by atoms with E-state index in [1.165, 1.54) is 11.8 Å². The lowest BCUT2D eigenvalue weighted by atomic mass is 10.0. The molecule has 0 radical (unpaired) electrons. The number of ether oxygens (including phenoxy) is 2. The lowest BCUT2D eigenvalue weighted by molar-refractivity contribution is -0.113. The molecule has 8 heteroatoms. The summed E-state index contributed by atoms with van der Waals surface area (Å²) in [7, 11) is 0. The van der Waals surface area contributed by atoms with Crippen LogP contribution >= 0.6 is 11.8 Å². The number of aryl methyl sites for hydroxylation is 1. The fraction of sp³-hybridized carbons (Fsp3) is 0.345. The molecule has 37 heavy (non-hydrogen) atoms. The highest BCUT2D eigenvalue weighted by atomic mass is 32.2. The maximum atomic E-state index is 12.9. The quantitative estimate of drug-likeness (QED) is 0.391. The number of hydrogen-bond acceptors (Lipinski definition) is 6. The second-order valence-electron chi connectivity index (χ2n) is 9.51. The minimum absolute atomic E-state index is 0.0957. The SMILES string of the molecule is CCCOc1ccc(-c2nn(-c3ccccc3)cc2/C=C2\SC(N3C[C@H](C)O[C@@H](C)C3)=NC2=O)cc1C. The molecule has 0 bridgehead atoms. The van der Waals surface area contributed by atoms with Gasteiger partial charge in [0, 0.05) is 30.4 Å². The van der Waals surface area contributed by atoms with E-state index in [4.69, 9.17) is 14.6 Å². The van der Waals surface area contributed by atoms with Crippen LogP contribution in [0.1, 0.15) is 38.3 Å². The molecule has 3 heterocycles. The second kappa shape index (κ2) is 10.9. The van der Waals surface area contributed by atoms with E-state index in [0.717, 1.165) is 58.5 Å². The normalized spacial score (nSPS) is 21.0. The number of rotatable bonds is 6. The fourth-order valence-corrected chi connectivity index (χ4v) is 5.53. The number of carbonyl (C=O) groups is 1. The maximum absolute atomic E-state index is 12.9. The Labute approximate surface area is 222 Å². The first-order chi connectivity index (χ1) is 17.9. The number of carbonyl (C=O) groups excluding carboxylic acids is 1. The molecule has 0 spiro atoms. The van der Waals surface area contributed by atoms with Crippen molar-refractivity contribution in [2.75, 3.05) is 19.7 Å². The molecule has 2 aromatic carbocycles. The molecular formula is C29H32N4O3S. The monoisotopic (exact) mass is 516 g/mol. The Balaban J connectivity index is 1.49. The van der Waals surface area contributed by atoms with E-state index < -0.39 is 0 Å². The molecule has 0 saturated carbocycles. The van der Waals surface area contributed by atoms with Gasteiger partial charge in [0.2, 0.25) is 0 Å². The lowest BCUT2D eigenvalue weighted by Gasteiger charge is -2.35. The maximum Gasteiger partial charge on any atom is 0.286 e. The Hall–Kier alpha value is -3.36. The number of aliphatic imine (C=N–C) groups is 1. The molecule has 2 aliphatic rings. The Morgan fingerprint density at radius 3 is 2.59 bits per heavy atom. The van der Waals surface area contributed by atoms with Crippen LogP contribution in [0.2, 0.25) is 0 Å². The van der Waals surface area contributed by atoms with Crippen molar-refractivity contribution >= 4 is 28.9 Å². The van der Waals surface area contributed by atoms with Gasteiger partial charge in [-0.15, -0.1) is 0 Å². The van der Waals surface area contributed by atoms with Crippen molar-refractivity contribution < 1.29 is 14.3 Å². The molecule has 0 N–H and O–H groups in total. The number of benzene rings is 2. The second-order valence-corrected chi connectivity index (χ2v) is 10.5. The van der Waals surface area contributed by atoms with Gasteiger partial charge in [0.1, 0.15) is 11.4 Å². The highest BCUT2D eigenvalue weighted by Gasteiger charge is 2.31. The minimum Gasteiger partial charge on any atom is -0.493 e. The van der Waals surface area contributed by atoms with Crippen LogP contribution in [0.4, 0.5) is 0 Å². The molecule has 2 aliphatic heterocycles. The van der Waals surface area contributed by atoms with Gasteiger partial charge in [0.05, 0.1) is 29.4 Å². The topological polar surface area (TPSA) is 68.9 Å². The Bertz CT molecular complexity index is 1340. The molecule has 1 fully saturated rings. The van der Waals surface area contributed by atoms with Crippen molar-refractivity contribution in [3.8, 4) is 22.7 Å². The molecule has 0 aliphatic carbocycles. The van der Waals surface area contributed by atoms with E-state index in [1.807, 2.05) is 80.2 Å². The van der Waals surface area contributed by atoms with Gasteiger partial charge in [-0.3, -0.25) is 4.79 Å². The zero-order valence-electron chi connectivity index (χ0n) is 21.7. The van der Waals surface area contributed by atoms with Crippen LogP contribution in [0.15, 0.2) is 64.6 Å². The Kier molecular flexibility index (Phi) is 7.48. The fourth-order valence-electron chi connectivity index (χ4n) is 4.61. The van der Waals surface area contributed by atoms with Crippen molar-refractivity contribution in [2.45, 2.75) is 46.3 Å². The van der Waals surface area contributed by atoms with E-state index in [-0.39, 0.29) is 18.1 Å². The Morgan fingerprint density at radius 1 is 1.14 bits per heavy atom. The van der Waals surface area contributed by atoms with Crippen molar-refractivity contribution in [3.63, 3.8) is 0 Å². The van der Waals surface area contributed by atoms with Crippen molar-refractivity contribution in [1.29, 1.82) is 0 Å². The third-order valence-electron chi connectivity index (χ3n) is 6.26. The number of amidine groups is 1. The van der Waals surface area contributed by atoms with Crippen LogP contribution in [0.5, 0.6) is 5.75 Å². The number of aromatic nitrogens is 2. The standard InChI is InChI=1S/C29H32N4O3S/c1-5-13-35-25-12-11-22(14-19(25)2)27-23(18-33(31-27)24-9-7-6-8-10-24)15-26-28(34)30-29(37-26)32-16-20(3)36-21(4)17-32/h6-12,14-15,18,20-21H,5,13,16-17H2,1-4H3/b26-15-/t20-,21-/m0/s1. The van der Waals surface area contributed by atoms with Gasteiger partial charge in [-0.2, -0.15) is 10.1 Å². The molecule has 2 atom stereocenters. The summed E-state index contributed by atoms with van der Waals surface area (Å²) < 4.78 is 13.6. The van der Waals surface area contributed by atoms with Crippen LogP contribution in [-0.2, 0) is 9.53 Å². The smallest absolute Gasteiger partial charge is 0.286 e. The van der Waals surface area contributed by atoms with Crippen molar-refractivity contribution in [2.24, 2.45) is 4.99 Å². The first-order valence-corrected chi connectivity index (χ1v) is 13.5. The van der Waals surface area contributed by atoms with Crippen molar-refractivity contribution in [1.82, 2.24) is 14.7 Å². The van der Waals surface area contributed by atoms with E-state index in [1.54, 1.807) is 0 Å². The van der Waals surface area contributed by atoms with Gasteiger partial charge in [-0.05, 0) is 80.9 Å². The van der Waals surface area contributed by atoms with E-state index >= 15 is 0 Å². The molecule has 5 rings (SSSR count). The number of hydrogen-bond donors (Lipinski definition) is 0. The van der Waals surface area contributed by atoms with E-state index in [9.17, 15) is 4.79 Å². The molecule has 1 saturated heterocycles. The summed E-state index contributed by atoms with van der Waals surface area (Å²) in [4.78, 5) is 20.1. The summed E-state index contributed by atoms with van der Waals surface area (Å²) in [5.41, 5.74) is 4.63. The largest absolute Gasteiger partial charge is 0.493 e. The van der Waals surface area contributed by atoms with Crippen molar-refractivity contribution in [3.05, 3.63) is 70.8 Å². The predicted molar refractivity (Wildman–Crippen MR) is 149 cm³/mol. The molecule has 1 amide bonds. The molecule has 192 valence electrons.